The SMILES string of the molecule is COc1ccc2ncc(C)c([C@@H](F)CCC3(CC(=O)O)CCN(CC#Cc4c(F)cc(F)cc4F)CC3)c2c1. The third kappa shape index (κ3) is 6.69. The van der Waals surface area contributed by atoms with Crippen molar-refractivity contribution in [1.82, 2.24) is 9.88 Å². The number of hydrogen-bond donors (Lipinski definition) is 1. The number of hydrogen-bond acceptors (Lipinski definition) is 4. The maximum Gasteiger partial charge on any atom is 0.303 e. The van der Waals surface area contributed by atoms with Crippen LogP contribution in [-0.4, -0.2) is 47.7 Å². The number of likely N-dealkylation sites (tertiary alicyclic amines) is 1. The van der Waals surface area contributed by atoms with Crippen LogP contribution in [0.3, 0.4) is 0 Å². The topological polar surface area (TPSA) is 62.7 Å². The molecule has 39 heavy (non-hydrogen) atoms. The summed E-state index contributed by atoms with van der Waals surface area (Å²) in [6, 6.07) is 6.49. The summed E-state index contributed by atoms with van der Waals surface area (Å²) in [5.74, 6) is 1.69. The molecule has 1 aliphatic heterocycles. The number of nitrogens with zero attached hydrogens (tertiary/aromatic N) is 2. The molecule has 0 unspecified atom stereocenters. The third-order valence-electron chi connectivity index (χ3n) is 7.52. The molecule has 4 rings (SSSR count). The number of aryl methyl sites for hydroxylation is 1. The van der Waals surface area contributed by atoms with Gasteiger partial charge in [0, 0.05) is 23.7 Å². The Bertz CT molecular complexity index is 1400. The van der Waals surface area contributed by atoms with E-state index < -0.39 is 40.6 Å². The second kappa shape index (κ2) is 12.0. The molecule has 1 N–H and O–H groups in total. The minimum absolute atomic E-state index is 0.0743. The summed E-state index contributed by atoms with van der Waals surface area (Å²) in [7, 11) is 1.55. The fourth-order valence-electron chi connectivity index (χ4n) is 5.33. The molecule has 206 valence electrons. The molecular weight excluding hydrogens is 512 g/mol. The molecule has 2 aromatic carbocycles. The number of halogens is 4. The summed E-state index contributed by atoms with van der Waals surface area (Å²) in [5, 5.41) is 10.3. The number of carboxylic acids is 1. The summed E-state index contributed by atoms with van der Waals surface area (Å²) in [6.07, 6.45) is 1.86. The fraction of sp³-hybridized carbons (Fsp3) is 0.400. The maximum atomic E-state index is 15.8. The summed E-state index contributed by atoms with van der Waals surface area (Å²) in [4.78, 5) is 18.1. The first-order valence-corrected chi connectivity index (χ1v) is 12.8. The van der Waals surface area contributed by atoms with Gasteiger partial charge in [-0.1, -0.05) is 11.8 Å². The van der Waals surface area contributed by atoms with Gasteiger partial charge in [0.2, 0.25) is 0 Å². The molecule has 0 spiro atoms. The number of fused-ring (bicyclic) bond motifs is 1. The molecule has 1 aliphatic rings. The van der Waals surface area contributed by atoms with E-state index in [1.807, 2.05) is 11.8 Å². The predicted molar refractivity (Wildman–Crippen MR) is 140 cm³/mol. The minimum Gasteiger partial charge on any atom is -0.497 e. The van der Waals surface area contributed by atoms with E-state index in [0.29, 0.717) is 66.7 Å². The van der Waals surface area contributed by atoms with Crippen LogP contribution in [0.25, 0.3) is 10.9 Å². The second-order valence-corrected chi connectivity index (χ2v) is 10.1. The van der Waals surface area contributed by atoms with Gasteiger partial charge in [-0.05, 0) is 80.4 Å². The van der Waals surface area contributed by atoms with Crippen LogP contribution in [0, 0.1) is 41.6 Å². The standard InChI is InChI=1S/C30H30F4N2O3/c1-19-18-35-27-6-5-21(39-2)16-23(27)29(19)24(32)7-8-30(17-28(37)38)9-12-36(13-10-30)11-3-4-22-25(33)14-20(31)15-26(22)34/h5-6,14-16,18,24H,7-13,17H2,1-2H3,(H,37,38)/t24-/m0/s1. The molecule has 1 fully saturated rings. The molecule has 2 heterocycles. The highest BCUT2D eigenvalue weighted by molar-refractivity contribution is 5.85. The van der Waals surface area contributed by atoms with E-state index in [1.54, 1.807) is 31.5 Å². The van der Waals surface area contributed by atoms with E-state index >= 15 is 4.39 Å². The molecule has 0 aliphatic carbocycles. The van der Waals surface area contributed by atoms with E-state index in [-0.39, 0.29) is 19.4 Å². The van der Waals surface area contributed by atoms with Gasteiger partial charge in [-0.15, -0.1) is 0 Å². The van der Waals surface area contributed by atoms with Gasteiger partial charge < -0.3 is 9.84 Å². The highest BCUT2D eigenvalue weighted by Crippen LogP contribution is 2.43. The van der Waals surface area contributed by atoms with E-state index in [1.165, 1.54) is 0 Å². The van der Waals surface area contributed by atoms with Crippen molar-refractivity contribution in [2.24, 2.45) is 5.41 Å². The lowest BCUT2D eigenvalue weighted by Crippen LogP contribution is -2.41. The van der Waals surface area contributed by atoms with Crippen molar-refractivity contribution in [3.05, 3.63) is 70.7 Å². The van der Waals surface area contributed by atoms with Gasteiger partial charge in [0.1, 0.15) is 29.4 Å². The van der Waals surface area contributed by atoms with Crippen LogP contribution in [0.5, 0.6) is 5.75 Å². The molecule has 0 bridgehead atoms. The van der Waals surface area contributed by atoms with Crippen molar-refractivity contribution in [2.75, 3.05) is 26.7 Å². The summed E-state index contributed by atoms with van der Waals surface area (Å²) >= 11 is 0. The number of benzene rings is 2. The zero-order chi connectivity index (χ0) is 28.2. The van der Waals surface area contributed by atoms with Crippen molar-refractivity contribution in [3.8, 4) is 17.6 Å². The molecule has 0 radical (unpaired) electrons. The van der Waals surface area contributed by atoms with Gasteiger partial charge in [-0.25, -0.2) is 17.6 Å². The number of aliphatic carboxylic acids is 1. The number of methoxy groups -OCH3 is 1. The predicted octanol–water partition coefficient (Wildman–Crippen LogP) is 6.37. The van der Waals surface area contributed by atoms with E-state index in [0.717, 1.165) is 5.56 Å². The first-order chi connectivity index (χ1) is 18.6. The lowest BCUT2D eigenvalue weighted by atomic mass is 9.71. The number of ether oxygens (including phenoxy) is 1. The number of alkyl halides is 1. The smallest absolute Gasteiger partial charge is 0.303 e. The van der Waals surface area contributed by atoms with Gasteiger partial charge in [0.05, 0.1) is 31.2 Å². The van der Waals surface area contributed by atoms with Crippen LogP contribution in [0.2, 0.25) is 0 Å². The minimum atomic E-state index is -1.31. The number of piperidine rings is 1. The maximum absolute atomic E-state index is 15.8. The first kappa shape index (κ1) is 28.4. The van der Waals surface area contributed by atoms with E-state index in [4.69, 9.17) is 4.74 Å². The fourth-order valence-corrected chi connectivity index (χ4v) is 5.33. The number of pyridine rings is 1. The Morgan fingerprint density at radius 1 is 1.18 bits per heavy atom. The average molecular weight is 543 g/mol. The van der Waals surface area contributed by atoms with Crippen molar-refractivity contribution >= 4 is 16.9 Å². The van der Waals surface area contributed by atoms with Crippen LogP contribution in [-0.2, 0) is 4.79 Å². The van der Waals surface area contributed by atoms with Gasteiger partial charge in [-0.3, -0.25) is 14.7 Å². The molecular formula is C30H30F4N2O3. The molecule has 1 aromatic heterocycles. The first-order valence-electron chi connectivity index (χ1n) is 12.8. The van der Waals surface area contributed by atoms with Crippen molar-refractivity contribution in [1.29, 1.82) is 0 Å². The zero-order valence-corrected chi connectivity index (χ0v) is 21.9. The average Bonchev–Trinajstić information content (AvgIpc) is 2.89. The Labute approximate surface area is 224 Å². The highest BCUT2D eigenvalue weighted by Gasteiger charge is 2.37. The number of aromatic nitrogens is 1. The molecule has 1 atom stereocenters. The van der Waals surface area contributed by atoms with Crippen molar-refractivity contribution in [2.45, 2.75) is 45.2 Å². The van der Waals surface area contributed by atoms with Gasteiger partial charge in [-0.2, -0.15) is 0 Å². The number of carbonyl (C=O) groups is 1. The van der Waals surface area contributed by atoms with Crippen LogP contribution in [0.4, 0.5) is 17.6 Å². The molecule has 0 saturated carbocycles. The van der Waals surface area contributed by atoms with Crippen LogP contribution < -0.4 is 4.74 Å². The number of rotatable bonds is 8. The zero-order valence-electron chi connectivity index (χ0n) is 21.9. The Kier molecular flexibility index (Phi) is 8.76. The third-order valence-corrected chi connectivity index (χ3v) is 7.52. The normalized spacial score (nSPS) is 15.9. The van der Waals surface area contributed by atoms with Crippen LogP contribution >= 0.6 is 0 Å². The Morgan fingerprint density at radius 3 is 2.51 bits per heavy atom. The molecule has 1 saturated heterocycles. The highest BCUT2D eigenvalue weighted by atomic mass is 19.1. The summed E-state index contributed by atoms with van der Waals surface area (Å²) < 4.78 is 61.9. The Balaban J connectivity index is 1.44. The second-order valence-electron chi connectivity index (χ2n) is 10.1. The quantitative estimate of drug-likeness (QED) is 0.265. The van der Waals surface area contributed by atoms with Gasteiger partial charge in [0.25, 0.3) is 0 Å². The Morgan fingerprint density at radius 2 is 1.87 bits per heavy atom. The summed E-state index contributed by atoms with van der Waals surface area (Å²) in [5.41, 5.74) is 0.854. The monoisotopic (exact) mass is 542 g/mol. The molecule has 5 nitrogen and oxygen atoms in total. The van der Waals surface area contributed by atoms with Gasteiger partial charge in [0.15, 0.2) is 0 Å². The Hall–Kier alpha value is -3.64. The van der Waals surface area contributed by atoms with Gasteiger partial charge >= 0.3 is 5.97 Å². The lowest BCUT2D eigenvalue weighted by molar-refractivity contribution is -0.141. The lowest BCUT2D eigenvalue weighted by Gasteiger charge is -2.41. The summed E-state index contributed by atoms with van der Waals surface area (Å²) in [6.45, 7) is 3.06. The number of carboxylic acid groups (broad SMARTS) is 1. The van der Waals surface area contributed by atoms with Crippen molar-refractivity contribution < 1.29 is 32.2 Å². The van der Waals surface area contributed by atoms with Crippen molar-refractivity contribution in [3.63, 3.8) is 0 Å². The van der Waals surface area contributed by atoms with E-state index in [9.17, 15) is 23.1 Å². The molecule has 9 heteroatoms. The van der Waals surface area contributed by atoms with Crippen LogP contribution in [0.1, 0.15) is 55.0 Å². The van der Waals surface area contributed by atoms with E-state index in [2.05, 4.69) is 16.8 Å². The molecule has 0 amide bonds. The molecule has 3 aromatic rings. The largest absolute Gasteiger partial charge is 0.497 e. The van der Waals surface area contributed by atoms with Crippen LogP contribution in [0.15, 0.2) is 36.5 Å².